The number of likely N-dealkylation sites (tertiary alicyclic amines) is 1. The third-order valence-electron chi connectivity index (χ3n) is 10.2. The lowest BCUT2D eigenvalue weighted by molar-refractivity contribution is -0.129. The summed E-state index contributed by atoms with van der Waals surface area (Å²) in [4.78, 5) is 46.9. The molecule has 274 valence electrons. The number of carbonyl (C=O) groups excluding carboxylic acids is 2. The fourth-order valence-corrected chi connectivity index (χ4v) is 7.06. The van der Waals surface area contributed by atoms with Crippen molar-refractivity contribution in [2.75, 3.05) is 69.4 Å². The number of pyridine rings is 1. The molecule has 13 heteroatoms. The summed E-state index contributed by atoms with van der Waals surface area (Å²) >= 11 is 0. The minimum atomic E-state index is -0.523. The summed E-state index contributed by atoms with van der Waals surface area (Å²) in [6, 6.07) is 3.73. The Morgan fingerprint density at radius 3 is 2.38 bits per heavy atom. The molecule has 2 N–H and O–H groups in total. The number of nitrogens with zero attached hydrogens (tertiary/aromatic N) is 7. The zero-order valence-corrected chi connectivity index (χ0v) is 30.9. The highest BCUT2D eigenvalue weighted by molar-refractivity contribution is 5.81. The highest BCUT2D eigenvalue weighted by atomic mass is 16.5. The van der Waals surface area contributed by atoms with Gasteiger partial charge in [-0.2, -0.15) is 4.98 Å². The van der Waals surface area contributed by atoms with E-state index in [1.165, 1.54) is 25.7 Å². The van der Waals surface area contributed by atoms with Gasteiger partial charge in [0.15, 0.2) is 0 Å². The van der Waals surface area contributed by atoms with Gasteiger partial charge in [0, 0.05) is 57.8 Å². The molecule has 13 nitrogen and oxygen atoms in total. The number of imidazole rings is 1. The van der Waals surface area contributed by atoms with E-state index in [-0.39, 0.29) is 17.9 Å². The van der Waals surface area contributed by atoms with Gasteiger partial charge >= 0.3 is 0 Å². The van der Waals surface area contributed by atoms with Crippen LogP contribution in [0.15, 0.2) is 24.5 Å². The Labute approximate surface area is 296 Å². The van der Waals surface area contributed by atoms with Crippen LogP contribution in [0.25, 0.3) is 11.0 Å². The Morgan fingerprint density at radius 1 is 0.980 bits per heavy atom. The summed E-state index contributed by atoms with van der Waals surface area (Å²) in [6.45, 7) is 19.1. The van der Waals surface area contributed by atoms with Gasteiger partial charge in [0.2, 0.25) is 11.9 Å². The van der Waals surface area contributed by atoms with Gasteiger partial charge in [-0.3, -0.25) is 4.79 Å². The number of rotatable bonds is 16. The number of hydrogen-bond acceptors (Lipinski definition) is 11. The van der Waals surface area contributed by atoms with Crippen LogP contribution in [0, 0.1) is 17.8 Å². The molecule has 1 spiro atoms. The van der Waals surface area contributed by atoms with E-state index in [0.29, 0.717) is 24.7 Å². The number of anilines is 3. The topological polar surface area (TPSA) is 140 Å². The van der Waals surface area contributed by atoms with Crippen molar-refractivity contribution in [3.8, 4) is 0 Å². The Kier molecular flexibility index (Phi) is 12.8. The highest BCUT2D eigenvalue weighted by Crippen LogP contribution is 2.42. The maximum absolute atomic E-state index is 12.0. The van der Waals surface area contributed by atoms with Crippen LogP contribution < -0.4 is 15.5 Å². The Balaban J connectivity index is 0.957. The van der Waals surface area contributed by atoms with Gasteiger partial charge in [0.25, 0.3) is 0 Å². The Morgan fingerprint density at radius 2 is 1.68 bits per heavy atom. The standard InChI is InChI=1S/C37H57N9O4/c1-27(2)46-28(3)40-29-24-39-33(23-30(29)46)42-32-9-14-38-35(43-32)45-18-12-37(13-19-45)10-16-44(17-11-37)15-7-20-49-21-8-22-50-26-34(48)41-31(25-47)36(4,5)6/h9,14,23-25,27,31H,7-8,10-13,15-22,26H2,1-6H3,(H,41,48)(H,38,39,42,43). The average Bonchev–Trinajstić information content (AvgIpc) is 3.42. The Hall–Kier alpha value is -3.68. The summed E-state index contributed by atoms with van der Waals surface area (Å²) in [5.41, 5.74) is 2.05. The van der Waals surface area contributed by atoms with Crippen LogP contribution in [0.4, 0.5) is 17.6 Å². The van der Waals surface area contributed by atoms with Crippen molar-refractivity contribution in [2.45, 2.75) is 92.2 Å². The fourth-order valence-electron chi connectivity index (χ4n) is 7.06. The molecule has 1 amide bonds. The number of nitrogens with one attached hydrogen (secondary N) is 2. The monoisotopic (exact) mass is 691 g/mol. The van der Waals surface area contributed by atoms with E-state index in [1.807, 2.05) is 52.2 Å². The number of aldehydes is 1. The van der Waals surface area contributed by atoms with E-state index in [1.54, 1.807) is 0 Å². The van der Waals surface area contributed by atoms with Gasteiger partial charge in [0.05, 0.1) is 17.8 Å². The minimum Gasteiger partial charge on any atom is -0.381 e. The van der Waals surface area contributed by atoms with Crippen molar-refractivity contribution < 1.29 is 19.1 Å². The molecule has 0 bridgehead atoms. The van der Waals surface area contributed by atoms with Crippen molar-refractivity contribution in [3.63, 3.8) is 0 Å². The van der Waals surface area contributed by atoms with Crippen LogP contribution in [-0.2, 0) is 19.1 Å². The molecule has 50 heavy (non-hydrogen) atoms. The molecule has 0 saturated carbocycles. The number of aromatic nitrogens is 5. The van der Waals surface area contributed by atoms with Crippen molar-refractivity contribution >= 4 is 40.8 Å². The molecule has 1 atom stereocenters. The van der Waals surface area contributed by atoms with E-state index in [4.69, 9.17) is 14.5 Å². The molecule has 5 heterocycles. The largest absolute Gasteiger partial charge is 0.381 e. The third kappa shape index (κ3) is 9.97. The predicted molar refractivity (Wildman–Crippen MR) is 196 cm³/mol. The molecule has 2 aliphatic heterocycles. The van der Waals surface area contributed by atoms with Gasteiger partial charge in [-0.05, 0) is 89.3 Å². The first-order valence-electron chi connectivity index (χ1n) is 18.3. The lowest BCUT2D eigenvalue weighted by atomic mass is 9.71. The van der Waals surface area contributed by atoms with Crippen LogP contribution in [0.5, 0.6) is 0 Å². The van der Waals surface area contributed by atoms with Gasteiger partial charge in [-0.25, -0.2) is 15.0 Å². The molecular weight excluding hydrogens is 634 g/mol. The molecule has 3 aromatic heterocycles. The molecular formula is C37H57N9O4. The van der Waals surface area contributed by atoms with E-state index in [9.17, 15) is 9.59 Å². The summed E-state index contributed by atoms with van der Waals surface area (Å²) < 4.78 is 13.5. The number of aryl methyl sites for hydroxylation is 1. The second-order valence-electron chi connectivity index (χ2n) is 15.3. The smallest absolute Gasteiger partial charge is 0.246 e. The van der Waals surface area contributed by atoms with Crippen molar-refractivity contribution in [2.24, 2.45) is 10.8 Å². The third-order valence-corrected chi connectivity index (χ3v) is 10.2. The highest BCUT2D eigenvalue weighted by Gasteiger charge is 2.38. The lowest BCUT2D eigenvalue weighted by Crippen LogP contribution is -2.47. The molecule has 3 aromatic rings. The van der Waals surface area contributed by atoms with Crippen molar-refractivity contribution in [1.29, 1.82) is 0 Å². The summed E-state index contributed by atoms with van der Waals surface area (Å²) in [5.74, 6) is 2.97. The van der Waals surface area contributed by atoms with Crippen LogP contribution in [0.2, 0.25) is 0 Å². The zero-order chi connectivity index (χ0) is 35.7. The normalized spacial score (nSPS) is 17.4. The van der Waals surface area contributed by atoms with Crippen LogP contribution in [-0.4, -0.2) is 107 Å². The number of hydrogen-bond donors (Lipinski definition) is 2. The molecule has 0 aromatic carbocycles. The van der Waals surface area contributed by atoms with Gasteiger partial charge in [-0.15, -0.1) is 0 Å². The minimum absolute atomic E-state index is 0.0459. The molecule has 2 saturated heterocycles. The quantitative estimate of drug-likeness (QED) is 0.154. The second kappa shape index (κ2) is 17.0. The number of piperidine rings is 2. The second-order valence-corrected chi connectivity index (χ2v) is 15.3. The van der Waals surface area contributed by atoms with Crippen LogP contribution >= 0.6 is 0 Å². The van der Waals surface area contributed by atoms with E-state index >= 15 is 0 Å². The number of fused-ring (bicyclic) bond motifs is 1. The first-order valence-corrected chi connectivity index (χ1v) is 18.3. The lowest BCUT2D eigenvalue weighted by Gasteiger charge is -2.47. The maximum atomic E-state index is 12.0. The van der Waals surface area contributed by atoms with Gasteiger partial charge in [0.1, 0.15) is 35.9 Å². The SMILES string of the molecule is Cc1nc2cnc(Nc3ccnc(N4CCC5(CCN(CCCOCCCOCC(=O)NC(C=O)C(C)(C)C)CC5)CC4)n3)cc2n1C(C)C. The molecule has 2 fully saturated rings. The molecule has 0 aliphatic carbocycles. The van der Waals surface area contributed by atoms with E-state index in [0.717, 1.165) is 92.9 Å². The van der Waals surface area contributed by atoms with Crippen molar-refractivity contribution in [1.82, 2.24) is 34.7 Å². The van der Waals surface area contributed by atoms with Gasteiger partial charge < -0.3 is 39.3 Å². The number of amides is 1. The predicted octanol–water partition coefficient (Wildman–Crippen LogP) is 5.08. The zero-order valence-electron chi connectivity index (χ0n) is 30.9. The molecule has 5 rings (SSSR count). The average molecular weight is 692 g/mol. The fraction of sp³-hybridized carbons (Fsp3) is 0.676. The first-order chi connectivity index (χ1) is 24.0. The van der Waals surface area contributed by atoms with Crippen LogP contribution in [0.3, 0.4) is 0 Å². The number of carbonyl (C=O) groups is 2. The van der Waals surface area contributed by atoms with Gasteiger partial charge in [-0.1, -0.05) is 20.8 Å². The molecule has 2 aliphatic rings. The maximum Gasteiger partial charge on any atom is 0.246 e. The van der Waals surface area contributed by atoms with Crippen molar-refractivity contribution in [3.05, 3.63) is 30.4 Å². The summed E-state index contributed by atoms with van der Waals surface area (Å²) in [5, 5.41) is 6.11. The first kappa shape index (κ1) is 37.6. The van der Waals surface area contributed by atoms with E-state index < -0.39 is 6.04 Å². The molecule has 0 radical (unpaired) electrons. The van der Waals surface area contributed by atoms with Crippen LogP contribution in [0.1, 0.15) is 85.0 Å². The summed E-state index contributed by atoms with van der Waals surface area (Å²) in [6.07, 6.45) is 11.0. The Bertz CT molecular complexity index is 1550. The summed E-state index contributed by atoms with van der Waals surface area (Å²) in [7, 11) is 0. The number of ether oxygens (including phenoxy) is 2. The molecule has 1 unspecified atom stereocenters. The van der Waals surface area contributed by atoms with E-state index in [2.05, 4.69) is 53.8 Å².